The molecular weight excluding hydrogens is 562 g/mol. The van der Waals surface area contributed by atoms with Crippen molar-refractivity contribution in [2.24, 2.45) is 34.6 Å². The number of hydrogen-bond acceptors (Lipinski definition) is 17. The largest absolute Gasteiger partial charge is 0.395 e. The van der Waals surface area contributed by atoms with Crippen LogP contribution in [0.5, 0.6) is 0 Å². The van der Waals surface area contributed by atoms with Gasteiger partial charge in [-0.1, -0.05) is 0 Å². The van der Waals surface area contributed by atoms with Gasteiger partial charge < -0.3 is 89.3 Å². The van der Waals surface area contributed by atoms with Gasteiger partial charge in [0, 0.05) is 43.7 Å². The summed E-state index contributed by atoms with van der Waals surface area (Å²) in [5, 5.41) is 77.4. The maximum atomic E-state index is 12.5. The van der Waals surface area contributed by atoms with Crippen molar-refractivity contribution in [3.8, 4) is 0 Å². The van der Waals surface area contributed by atoms with E-state index in [1.807, 2.05) is 0 Å². The Balaban J connectivity index is 1.84. The van der Waals surface area contributed by atoms with Crippen LogP contribution in [0.25, 0.3) is 0 Å². The van der Waals surface area contributed by atoms with Crippen molar-refractivity contribution < 1.29 is 54.8 Å². The van der Waals surface area contributed by atoms with Crippen LogP contribution in [0.3, 0.4) is 0 Å². The first kappa shape index (κ1) is 35.3. The van der Waals surface area contributed by atoms with Crippen LogP contribution >= 0.6 is 0 Å². The minimum Gasteiger partial charge on any atom is -0.395 e. The molecule has 1 amide bonds. The summed E-state index contributed by atoms with van der Waals surface area (Å²) in [5.74, 6) is -1.75. The quantitative estimate of drug-likeness (QED) is 0.0973. The van der Waals surface area contributed by atoms with Crippen LogP contribution in [-0.4, -0.2) is 166 Å². The highest BCUT2D eigenvalue weighted by atomic mass is 16.7. The minimum atomic E-state index is -1.58. The van der Waals surface area contributed by atoms with E-state index in [0.29, 0.717) is 0 Å². The molecule has 2 aliphatic heterocycles. The smallest absolute Gasteiger partial charge is 0.250 e. The lowest BCUT2D eigenvalue weighted by Crippen LogP contribution is -2.70. The topological polar surface area (TPSA) is 341 Å². The fraction of sp³-hybridized carbons (Fsp3) is 0.958. The highest BCUT2D eigenvalue weighted by Gasteiger charge is 2.53. The summed E-state index contributed by atoms with van der Waals surface area (Å²) in [6.07, 6.45) is -12.6. The molecule has 3 fully saturated rings. The minimum absolute atomic E-state index is 0.000247. The van der Waals surface area contributed by atoms with Crippen molar-refractivity contribution in [2.75, 3.05) is 32.8 Å². The van der Waals surface area contributed by atoms with Gasteiger partial charge in [-0.25, -0.2) is 0 Å². The van der Waals surface area contributed by atoms with E-state index in [9.17, 15) is 35.4 Å². The van der Waals surface area contributed by atoms with Crippen LogP contribution < -0.4 is 39.3 Å². The van der Waals surface area contributed by atoms with Gasteiger partial charge >= 0.3 is 0 Å². The average molecular weight is 612 g/mol. The normalized spacial score (nSPS) is 44.4. The number of rotatable bonds is 12. The molecule has 2 heterocycles. The predicted molar refractivity (Wildman–Crippen MR) is 145 cm³/mol. The summed E-state index contributed by atoms with van der Waals surface area (Å²) in [4.78, 5) is 12.5. The summed E-state index contributed by atoms with van der Waals surface area (Å²) in [7, 11) is 0. The third-order valence-electron chi connectivity index (χ3n) is 8.29. The fourth-order valence-corrected chi connectivity index (χ4v) is 5.81. The zero-order valence-electron chi connectivity index (χ0n) is 23.3. The molecule has 2 saturated heterocycles. The maximum absolute atomic E-state index is 12.5. The second-order valence-corrected chi connectivity index (χ2v) is 11.4. The van der Waals surface area contributed by atoms with Gasteiger partial charge in [-0.05, 0) is 12.8 Å². The summed E-state index contributed by atoms with van der Waals surface area (Å²) in [6, 6.07) is -4.39. The zero-order valence-corrected chi connectivity index (χ0v) is 23.3. The molecule has 1 saturated carbocycles. The van der Waals surface area contributed by atoms with Gasteiger partial charge in [0.1, 0.15) is 30.5 Å². The van der Waals surface area contributed by atoms with Gasteiger partial charge in [0.2, 0.25) is 5.91 Å². The number of ether oxygens (including phenoxy) is 3. The Labute approximate surface area is 243 Å². The van der Waals surface area contributed by atoms with Crippen LogP contribution in [0.2, 0.25) is 0 Å². The van der Waals surface area contributed by atoms with E-state index in [0.717, 1.165) is 0 Å². The summed E-state index contributed by atoms with van der Waals surface area (Å²) < 4.78 is 17.7. The maximum Gasteiger partial charge on any atom is 0.250 e. The average Bonchev–Trinajstić information content (AvgIpc) is 2.96. The molecule has 3 rings (SSSR count). The Kier molecular flexibility index (Phi) is 13.2. The van der Waals surface area contributed by atoms with Crippen LogP contribution in [0, 0.1) is 5.92 Å². The number of nitrogens with one attached hydrogen (secondary N) is 2. The SMILES string of the molecule is NC[C@H](O)C(=O)N[C@@H]1C[C@H](N)C([C@H]2O[C@H](CNCC(N)CO)[C@@H](O)C[C@H]2N)[C@H](O)[C@H]1O[C@H]1O[C@H](CO)[C@@H](O)[C@H](N)[C@H]1O. The monoisotopic (exact) mass is 611 g/mol. The first-order valence-electron chi connectivity index (χ1n) is 14.2. The third kappa shape index (κ3) is 8.10. The van der Waals surface area contributed by atoms with Crippen molar-refractivity contribution in [3.63, 3.8) is 0 Å². The molecule has 16 atom stereocenters. The second kappa shape index (κ2) is 15.7. The van der Waals surface area contributed by atoms with Crippen LogP contribution in [0.4, 0.5) is 0 Å². The molecule has 18 nitrogen and oxygen atoms in total. The molecule has 0 aromatic carbocycles. The number of carbonyl (C=O) groups excluding carboxylic acids is 1. The predicted octanol–water partition coefficient (Wildman–Crippen LogP) is -8.59. The van der Waals surface area contributed by atoms with Crippen molar-refractivity contribution in [3.05, 3.63) is 0 Å². The molecule has 0 aromatic rings. The lowest BCUT2D eigenvalue weighted by Gasteiger charge is -2.51. The molecule has 0 bridgehead atoms. The van der Waals surface area contributed by atoms with Crippen LogP contribution in [0.1, 0.15) is 12.8 Å². The van der Waals surface area contributed by atoms with Crippen LogP contribution in [0.15, 0.2) is 0 Å². The van der Waals surface area contributed by atoms with Gasteiger partial charge in [0.05, 0.1) is 49.7 Å². The molecule has 0 radical (unpaired) electrons. The van der Waals surface area contributed by atoms with E-state index < -0.39 is 110 Å². The summed E-state index contributed by atoms with van der Waals surface area (Å²) >= 11 is 0. The van der Waals surface area contributed by atoms with E-state index in [2.05, 4.69) is 10.6 Å². The van der Waals surface area contributed by atoms with Crippen molar-refractivity contribution in [1.82, 2.24) is 10.6 Å². The Morgan fingerprint density at radius 2 is 1.67 bits per heavy atom. The number of hydrogen-bond donors (Lipinski definition) is 14. The molecule has 3 aliphatic rings. The summed E-state index contributed by atoms with van der Waals surface area (Å²) in [5.41, 5.74) is 29.9. The van der Waals surface area contributed by atoms with Gasteiger partial charge in [-0.3, -0.25) is 4.79 Å². The Bertz CT molecular complexity index is 851. The van der Waals surface area contributed by atoms with E-state index in [-0.39, 0.29) is 39.1 Å². The van der Waals surface area contributed by atoms with Gasteiger partial charge in [0.25, 0.3) is 0 Å². The molecule has 1 aliphatic carbocycles. The molecule has 2 unspecified atom stereocenters. The van der Waals surface area contributed by atoms with Crippen molar-refractivity contribution >= 4 is 5.91 Å². The van der Waals surface area contributed by atoms with E-state index in [1.54, 1.807) is 0 Å². The molecule has 42 heavy (non-hydrogen) atoms. The molecule has 18 heteroatoms. The Hall–Kier alpha value is -1.17. The Morgan fingerprint density at radius 1 is 0.976 bits per heavy atom. The molecular formula is C24H49N7O11. The molecule has 0 spiro atoms. The summed E-state index contributed by atoms with van der Waals surface area (Å²) in [6.45, 7) is -0.829. The number of aliphatic hydroxyl groups excluding tert-OH is 7. The van der Waals surface area contributed by atoms with Gasteiger partial charge in [-0.2, -0.15) is 0 Å². The second-order valence-electron chi connectivity index (χ2n) is 11.4. The highest BCUT2D eigenvalue weighted by molar-refractivity contribution is 5.81. The van der Waals surface area contributed by atoms with Crippen molar-refractivity contribution in [2.45, 2.75) is 104 Å². The first-order chi connectivity index (χ1) is 19.8. The van der Waals surface area contributed by atoms with Gasteiger partial charge in [0.15, 0.2) is 6.29 Å². The van der Waals surface area contributed by atoms with Crippen molar-refractivity contribution in [1.29, 1.82) is 0 Å². The fourth-order valence-electron chi connectivity index (χ4n) is 5.81. The van der Waals surface area contributed by atoms with E-state index in [4.69, 9.17) is 48.0 Å². The molecule has 0 aromatic heterocycles. The lowest BCUT2D eigenvalue weighted by molar-refractivity contribution is -0.306. The number of amides is 1. The van der Waals surface area contributed by atoms with Gasteiger partial charge in [-0.15, -0.1) is 0 Å². The van der Waals surface area contributed by atoms with E-state index >= 15 is 0 Å². The standard InChI is InChI=1S/C24H49N7O11/c25-3-13(35)23(39)31-11-1-9(27)16(21-10(28)2-12(34)14(40-21)5-30-4-8(26)6-32)19(37)22(11)42-24-20(38)17(29)18(36)15(7-33)41-24/h8-22,24,30,32-38H,1-7,25-29H2,(H,31,39)/t8?,9-,10+,11+,12-,13-,14+,15+,16?,17-,18+,19-,20+,21-,22-,24+/m0/s1. The third-order valence-corrected chi connectivity index (χ3v) is 8.29. The van der Waals surface area contributed by atoms with Crippen LogP contribution in [-0.2, 0) is 19.0 Å². The highest BCUT2D eigenvalue weighted by Crippen LogP contribution is 2.36. The lowest BCUT2D eigenvalue weighted by atomic mass is 9.72. The number of nitrogens with two attached hydrogens (primary N) is 5. The Morgan fingerprint density at radius 3 is 2.29 bits per heavy atom. The number of carbonyl (C=O) groups is 1. The zero-order chi connectivity index (χ0) is 31.3. The van der Waals surface area contributed by atoms with E-state index in [1.165, 1.54) is 0 Å². The first-order valence-corrected chi connectivity index (χ1v) is 14.2. The number of aliphatic hydroxyl groups is 7. The molecule has 19 N–H and O–H groups in total. The molecule has 246 valence electrons.